The molecule has 122 valence electrons. The van der Waals surface area contributed by atoms with Crippen molar-refractivity contribution in [1.82, 2.24) is 0 Å². The third-order valence-electron chi connectivity index (χ3n) is 4.52. The Labute approximate surface area is 143 Å². The Bertz CT molecular complexity index is 1000. The summed E-state index contributed by atoms with van der Waals surface area (Å²) in [4.78, 5) is 25.5. The standard InChI is InChI=1S/C19H17NO3S/c1-11-8-18(21)23-16-9-12(6-7-13(11)16)20-19(22)15-10-24-17-5-3-2-4-14(15)17/h6-10H,2-5H2,1H3,(H,20,22). The smallest absolute Gasteiger partial charge is 0.336 e. The summed E-state index contributed by atoms with van der Waals surface area (Å²) in [7, 11) is 0. The fourth-order valence-electron chi connectivity index (χ4n) is 3.29. The van der Waals surface area contributed by atoms with Gasteiger partial charge in [0, 0.05) is 33.5 Å². The number of anilines is 1. The van der Waals surface area contributed by atoms with Crippen LogP contribution in [0.15, 0.2) is 38.9 Å². The van der Waals surface area contributed by atoms with Gasteiger partial charge in [-0.25, -0.2) is 4.79 Å². The van der Waals surface area contributed by atoms with E-state index in [0.29, 0.717) is 11.3 Å². The second-order valence-electron chi connectivity index (χ2n) is 6.17. The van der Waals surface area contributed by atoms with Crippen LogP contribution in [0.2, 0.25) is 0 Å². The Balaban J connectivity index is 1.65. The molecule has 0 radical (unpaired) electrons. The lowest BCUT2D eigenvalue weighted by Crippen LogP contribution is -2.14. The van der Waals surface area contributed by atoms with Crippen molar-refractivity contribution in [2.45, 2.75) is 32.6 Å². The third-order valence-corrected chi connectivity index (χ3v) is 5.60. The van der Waals surface area contributed by atoms with E-state index in [4.69, 9.17) is 4.42 Å². The number of thiophene rings is 1. The van der Waals surface area contributed by atoms with E-state index in [2.05, 4.69) is 5.32 Å². The minimum absolute atomic E-state index is 0.0938. The van der Waals surface area contributed by atoms with Gasteiger partial charge in [0.05, 0.1) is 5.56 Å². The molecule has 1 N–H and O–H groups in total. The molecule has 24 heavy (non-hydrogen) atoms. The first kappa shape index (κ1) is 15.1. The molecule has 5 heteroatoms. The molecule has 4 rings (SSSR count). The lowest BCUT2D eigenvalue weighted by atomic mass is 9.95. The van der Waals surface area contributed by atoms with Crippen LogP contribution in [0.3, 0.4) is 0 Å². The highest BCUT2D eigenvalue weighted by Gasteiger charge is 2.20. The highest BCUT2D eigenvalue weighted by atomic mass is 32.1. The molecular weight excluding hydrogens is 322 g/mol. The summed E-state index contributed by atoms with van der Waals surface area (Å²) in [6.07, 6.45) is 4.41. The summed E-state index contributed by atoms with van der Waals surface area (Å²) in [5, 5.41) is 5.76. The molecule has 0 bridgehead atoms. The van der Waals surface area contributed by atoms with Gasteiger partial charge in [-0.3, -0.25) is 4.79 Å². The monoisotopic (exact) mass is 339 g/mol. The molecule has 0 aliphatic heterocycles. The molecular formula is C19H17NO3S. The number of rotatable bonds is 2. The van der Waals surface area contributed by atoms with Gasteiger partial charge in [-0.2, -0.15) is 0 Å². The van der Waals surface area contributed by atoms with Crippen LogP contribution < -0.4 is 10.9 Å². The van der Waals surface area contributed by atoms with Crippen LogP contribution in [0.4, 0.5) is 5.69 Å². The molecule has 0 unspecified atom stereocenters. The SMILES string of the molecule is Cc1cc(=O)oc2cc(NC(=O)c3csc4c3CCCC4)ccc12. The predicted octanol–water partition coefficient (Wildman–Crippen LogP) is 4.29. The van der Waals surface area contributed by atoms with Gasteiger partial charge in [-0.05, 0) is 55.9 Å². The minimum atomic E-state index is -0.379. The van der Waals surface area contributed by atoms with Crippen molar-refractivity contribution in [3.8, 4) is 0 Å². The van der Waals surface area contributed by atoms with E-state index in [1.54, 1.807) is 17.4 Å². The van der Waals surface area contributed by atoms with Crippen molar-refractivity contribution in [3.05, 3.63) is 61.6 Å². The maximum absolute atomic E-state index is 12.6. The number of hydrogen-bond acceptors (Lipinski definition) is 4. The summed E-state index contributed by atoms with van der Waals surface area (Å²) in [6.45, 7) is 1.87. The maximum Gasteiger partial charge on any atom is 0.336 e. The molecule has 3 aromatic rings. The van der Waals surface area contributed by atoms with Crippen molar-refractivity contribution >= 4 is 33.9 Å². The normalized spacial score (nSPS) is 13.7. The van der Waals surface area contributed by atoms with Gasteiger partial charge in [0.25, 0.3) is 5.91 Å². The molecule has 0 saturated heterocycles. The lowest BCUT2D eigenvalue weighted by Gasteiger charge is -2.13. The van der Waals surface area contributed by atoms with Crippen molar-refractivity contribution in [3.63, 3.8) is 0 Å². The van der Waals surface area contributed by atoms with E-state index in [9.17, 15) is 9.59 Å². The average Bonchev–Trinajstić information content (AvgIpc) is 2.98. The van der Waals surface area contributed by atoms with E-state index < -0.39 is 0 Å². The predicted molar refractivity (Wildman–Crippen MR) is 96.1 cm³/mol. The van der Waals surface area contributed by atoms with Crippen LogP contribution in [-0.4, -0.2) is 5.91 Å². The number of fused-ring (bicyclic) bond motifs is 2. The fourth-order valence-corrected chi connectivity index (χ4v) is 4.41. The maximum atomic E-state index is 12.6. The number of aryl methyl sites for hydroxylation is 2. The Hall–Kier alpha value is -2.40. The van der Waals surface area contributed by atoms with Gasteiger partial charge in [-0.15, -0.1) is 11.3 Å². The second kappa shape index (κ2) is 5.91. The lowest BCUT2D eigenvalue weighted by molar-refractivity contribution is 0.102. The second-order valence-corrected chi connectivity index (χ2v) is 7.14. The summed E-state index contributed by atoms with van der Waals surface area (Å²) in [6, 6.07) is 6.89. The number of amides is 1. The third kappa shape index (κ3) is 2.65. The Kier molecular flexibility index (Phi) is 3.73. The van der Waals surface area contributed by atoms with Crippen molar-refractivity contribution in [2.75, 3.05) is 5.32 Å². The molecule has 1 aromatic carbocycles. The van der Waals surface area contributed by atoms with Gasteiger partial charge < -0.3 is 9.73 Å². The quantitative estimate of drug-likeness (QED) is 0.708. The molecule has 1 amide bonds. The molecule has 0 fully saturated rings. The Morgan fingerprint density at radius 3 is 2.92 bits per heavy atom. The van der Waals surface area contributed by atoms with Crippen molar-refractivity contribution < 1.29 is 9.21 Å². The molecule has 0 atom stereocenters. The van der Waals surface area contributed by atoms with E-state index in [-0.39, 0.29) is 11.5 Å². The van der Waals surface area contributed by atoms with Crippen LogP contribution in [0.5, 0.6) is 0 Å². The van der Waals surface area contributed by atoms with E-state index in [1.165, 1.54) is 22.9 Å². The molecule has 4 nitrogen and oxygen atoms in total. The molecule has 1 aliphatic carbocycles. The van der Waals surface area contributed by atoms with Gasteiger partial charge in [0.2, 0.25) is 0 Å². The van der Waals surface area contributed by atoms with Crippen LogP contribution in [0.25, 0.3) is 11.0 Å². The van der Waals surface area contributed by atoms with E-state index in [0.717, 1.165) is 35.8 Å². The Morgan fingerprint density at radius 1 is 1.21 bits per heavy atom. The molecule has 2 heterocycles. The average molecular weight is 339 g/mol. The summed E-state index contributed by atoms with van der Waals surface area (Å²) >= 11 is 1.68. The van der Waals surface area contributed by atoms with Crippen molar-refractivity contribution in [2.24, 2.45) is 0 Å². The van der Waals surface area contributed by atoms with E-state index >= 15 is 0 Å². The van der Waals surface area contributed by atoms with Gasteiger partial charge in [-0.1, -0.05) is 0 Å². The minimum Gasteiger partial charge on any atom is -0.423 e. The number of hydrogen-bond donors (Lipinski definition) is 1. The summed E-state index contributed by atoms with van der Waals surface area (Å²) in [5.74, 6) is -0.0938. The van der Waals surface area contributed by atoms with Crippen LogP contribution in [0.1, 0.15) is 39.2 Å². The zero-order valence-corrected chi connectivity index (χ0v) is 14.2. The number of nitrogens with one attached hydrogen (secondary N) is 1. The van der Waals surface area contributed by atoms with Crippen LogP contribution >= 0.6 is 11.3 Å². The number of carbonyl (C=O) groups excluding carboxylic acids is 1. The van der Waals surface area contributed by atoms with Crippen LogP contribution in [0, 0.1) is 6.92 Å². The first-order valence-corrected chi connectivity index (χ1v) is 8.95. The zero-order valence-electron chi connectivity index (χ0n) is 13.3. The van der Waals surface area contributed by atoms with Gasteiger partial charge >= 0.3 is 5.63 Å². The van der Waals surface area contributed by atoms with Gasteiger partial charge in [0.1, 0.15) is 5.58 Å². The van der Waals surface area contributed by atoms with Crippen molar-refractivity contribution in [1.29, 1.82) is 0 Å². The zero-order chi connectivity index (χ0) is 16.7. The van der Waals surface area contributed by atoms with E-state index in [1.807, 2.05) is 24.4 Å². The highest BCUT2D eigenvalue weighted by Crippen LogP contribution is 2.31. The van der Waals surface area contributed by atoms with Gasteiger partial charge in [0.15, 0.2) is 0 Å². The molecule has 1 aliphatic rings. The molecule has 0 saturated carbocycles. The largest absolute Gasteiger partial charge is 0.423 e. The number of benzene rings is 1. The first-order chi connectivity index (χ1) is 11.6. The first-order valence-electron chi connectivity index (χ1n) is 8.07. The fraction of sp³-hybridized carbons (Fsp3) is 0.263. The Morgan fingerprint density at radius 2 is 2.04 bits per heavy atom. The van der Waals surface area contributed by atoms with Crippen LogP contribution in [-0.2, 0) is 12.8 Å². The highest BCUT2D eigenvalue weighted by molar-refractivity contribution is 7.10. The topological polar surface area (TPSA) is 59.3 Å². The summed E-state index contributed by atoms with van der Waals surface area (Å²) in [5.41, 5.74) is 3.59. The number of carbonyl (C=O) groups is 1. The molecule has 2 aromatic heterocycles. The summed E-state index contributed by atoms with van der Waals surface area (Å²) < 4.78 is 5.24. The molecule has 0 spiro atoms.